The fourth-order valence-corrected chi connectivity index (χ4v) is 3.84. The van der Waals surface area contributed by atoms with Crippen LogP contribution >= 0.6 is 0 Å². The van der Waals surface area contributed by atoms with Gasteiger partial charge < -0.3 is 4.57 Å². The molecule has 0 atom stereocenters. The Balaban J connectivity index is 1.51. The molecule has 0 aliphatic carbocycles. The first kappa shape index (κ1) is 18.9. The topological polar surface area (TPSA) is 118 Å². The summed E-state index contributed by atoms with van der Waals surface area (Å²) in [7, 11) is 0. The molecule has 0 aliphatic heterocycles. The number of fused-ring (bicyclic) bond motifs is 1. The summed E-state index contributed by atoms with van der Waals surface area (Å²) in [5.41, 5.74) is 5.86. The second-order valence-corrected chi connectivity index (χ2v) is 7.27. The summed E-state index contributed by atoms with van der Waals surface area (Å²) in [6.07, 6.45) is 0.707. The number of aryl methyl sites for hydroxylation is 2. The molecule has 2 aromatic carbocycles. The van der Waals surface area contributed by atoms with Crippen molar-refractivity contribution in [1.82, 2.24) is 40.4 Å². The maximum absolute atomic E-state index is 12.5. The zero-order valence-corrected chi connectivity index (χ0v) is 17.1. The third-order valence-electron chi connectivity index (χ3n) is 5.39. The highest BCUT2D eigenvalue weighted by Crippen LogP contribution is 2.30. The van der Waals surface area contributed by atoms with Crippen molar-refractivity contribution in [3.63, 3.8) is 0 Å². The molecule has 5 aromatic rings. The molecule has 9 heteroatoms. The minimum atomic E-state index is -0.224. The van der Waals surface area contributed by atoms with Gasteiger partial charge >= 0.3 is 0 Å². The first-order chi connectivity index (χ1) is 15.2. The van der Waals surface area contributed by atoms with E-state index in [9.17, 15) is 4.79 Å². The van der Waals surface area contributed by atoms with Crippen molar-refractivity contribution in [3.05, 3.63) is 76.0 Å². The first-order valence-electron chi connectivity index (χ1n) is 10.0. The predicted molar refractivity (Wildman–Crippen MR) is 116 cm³/mol. The predicted octanol–water partition coefficient (Wildman–Crippen LogP) is 2.89. The fraction of sp³-hybridized carbons (Fsp3) is 0.182. The van der Waals surface area contributed by atoms with E-state index in [1.807, 2.05) is 42.7 Å². The summed E-state index contributed by atoms with van der Waals surface area (Å²) in [6.45, 7) is 4.46. The van der Waals surface area contributed by atoms with Crippen molar-refractivity contribution in [3.8, 4) is 22.5 Å². The van der Waals surface area contributed by atoms with E-state index in [1.54, 1.807) is 0 Å². The Morgan fingerprint density at radius 2 is 1.77 bits per heavy atom. The van der Waals surface area contributed by atoms with Crippen LogP contribution < -0.4 is 5.56 Å². The molecule has 0 unspecified atom stereocenters. The average molecular weight is 412 g/mol. The zero-order chi connectivity index (χ0) is 21.4. The first-order valence-corrected chi connectivity index (χ1v) is 10.0. The van der Waals surface area contributed by atoms with Gasteiger partial charge in [-0.2, -0.15) is 10.3 Å². The number of imidazole rings is 1. The van der Waals surface area contributed by atoms with Crippen molar-refractivity contribution in [1.29, 1.82) is 0 Å². The van der Waals surface area contributed by atoms with Crippen LogP contribution in [0.1, 0.15) is 24.0 Å². The quantitative estimate of drug-likeness (QED) is 0.458. The summed E-state index contributed by atoms with van der Waals surface area (Å²) in [5, 5.41) is 21.1. The monoisotopic (exact) mass is 412 g/mol. The smallest absolute Gasteiger partial charge is 0.290 e. The zero-order valence-electron chi connectivity index (χ0n) is 17.1. The van der Waals surface area contributed by atoms with Crippen molar-refractivity contribution in [2.45, 2.75) is 26.8 Å². The number of benzene rings is 2. The van der Waals surface area contributed by atoms with E-state index in [-0.39, 0.29) is 5.56 Å². The van der Waals surface area contributed by atoms with Gasteiger partial charge in [0.1, 0.15) is 16.9 Å². The molecule has 0 amide bonds. The molecule has 0 fully saturated rings. The SMILES string of the molecule is CCc1n[nH]c(=O)c2c1nc(C)n2Cc1ccc(-c2ccccc2-c2nn[nH]n2)cc1. The number of H-pyrrole nitrogens is 2. The lowest BCUT2D eigenvalue weighted by Gasteiger charge is -2.10. The van der Waals surface area contributed by atoms with Crippen molar-refractivity contribution >= 4 is 11.0 Å². The van der Waals surface area contributed by atoms with Crippen LogP contribution in [0.25, 0.3) is 33.5 Å². The molecular weight excluding hydrogens is 392 g/mol. The lowest BCUT2D eigenvalue weighted by atomic mass is 9.98. The van der Waals surface area contributed by atoms with E-state index in [2.05, 4.69) is 60.1 Å². The van der Waals surface area contributed by atoms with Crippen molar-refractivity contribution in [2.75, 3.05) is 0 Å². The van der Waals surface area contributed by atoms with Gasteiger partial charge in [-0.25, -0.2) is 10.1 Å². The molecule has 0 aliphatic rings. The van der Waals surface area contributed by atoms with Gasteiger partial charge in [0, 0.05) is 12.1 Å². The lowest BCUT2D eigenvalue weighted by molar-refractivity contribution is 0.780. The molecule has 0 saturated heterocycles. The van der Waals surface area contributed by atoms with Crippen LogP contribution in [0.3, 0.4) is 0 Å². The maximum Gasteiger partial charge on any atom is 0.290 e. The molecule has 2 N–H and O–H groups in total. The number of aromatic amines is 2. The van der Waals surface area contributed by atoms with E-state index in [1.165, 1.54) is 0 Å². The average Bonchev–Trinajstić information content (AvgIpc) is 3.44. The molecule has 0 spiro atoms. The van der Waals surface area contributed by atoms with Crippen LogP contribution in [0, 0.1) is 6.92 Å². The lowest BCUT2D eigenvalue weighted by Crippen LogP contribution is -2.15. The molecule has 0 saturated carbocycles. The molecule has 31 heavy (non-hydrogen) atoms. The molecule has 3 heterocycles. The summed E-state index contributed by atoms with van der Waals surface area (Å²) in [4.78, 5) is 17.1. The number of tetrazole rings is 1. The fourth-order valence-electron chi connectivity index (χ4n) is 3.84. The van der Waals surface area contributed by atoms with Gasteiger partial charge in [0.2, 0.25) is 5.82 Å². The highest BCUT2D eigenvalue weighted by Gasteiger charge is 2.16. The van der Waals surface area contributed by atoms with Crippen LogP contribution in [-0.2, 0) is 13.0 Å². The molecule has 0 bridgehead atoms. The number of hydrogen-bond donors (Lipinski definition) is 2. The number of nitrogens with one attached hydrogen (secondary N) is 2. The number of aromatic nitrogens is 8. The molecular formula is C22H20N8O. The van der Waals surface area contributed by atoms with E-state index >= 15 is 0 Å². The highest BCUT2D eigenvalue weighted by molar-refractivity contribution is 5.80. The van der Waals surface area contributed by atoms with Crippen LogP contribution in [0.5, 0.6) is 0 Å². The van der Waals surface area contributed by atoms with Gasteiger partial charge in [-0.1, -0.05) is 55.5 Å². The Bertz CT molecular complexity index is 1410. The minimum Gasteiger partial charge on any atom is -0.319 e. The van der Waals surface area contributed by atoms with Gasteiger partial charge in [0.05, 0.1) is 5.69 Å². The Morgan fingerprint density at radius 3 is 2.48 bits per heavy atom. The molecule has 9 nitrogen and oxygen atoms in total. The largest absolute Gasteiger partial charge is 0.319 e. The summed E-state index contributed by atoms with van der Waals surface area (Å²) in [6, 6.07) is 16.2. The van der Waals surface area contributed by atoms with Crippen LogP contribution in [-0.4, -0.2) is 40.4 Å². The minimum absolute atomic E-state index is 0.224. The summed E-state index contributed by atoms with van der Waals surface area (Å²) in [5.74, 6) is 1.34. The van der Waals surface area contributed by atoms with Gasteiger partial charge in [0.25, 0.3) is 5.56 Å². The Labute approximate surface area is 177 Å². The van der Waals surface area contributed by atoms with E-state index in [0.29, 0.717) is 29.8 Å². The second kappa shape index (κ2) is 7.60. The summed E-state index contributed by atoms with van der Waals surface area (Å²) >= 11 is 0. The normalized spacial score (nSPS) is 11.3. The van der Waals surface area contributed by atoms with E-state index < -0.39 is 0 Å². The van der Waals surface area contributed by atoms with Crippen molar-refractivity contribution < 1.29 is 0 Å². The Hall–Kier alpha value is -4.14. The van der Waals surface area contributed by atoms with E-state index in [0.717, 1.165) is 33.8 Å². The molecule has 5 rings (SSSR count). The summed E-state index contributed by atoms with van der Waals surface area (Å²) < 4.78 is 1.94. The Morgan fingerprint density at radius 1 is 1.00 bits per heavy atom. The van der Waals surface area contributed by atoms with Gasteiger partial charge in [-0.15, -0.1) is 10.2 Å². The van der Waals surface area contributed by atoms with Crippen LogP contribution in [0.15, 0.2) is 53.3 Å². The number of nitrogens with zero attached hydrogens (tertiary/aromatic N) is 6. The molecule has 0 radical (unpaired) electrons. The standard InChI is InChI=1S/C22H20N8O/c1-3-18-19-20(22(31)27-24-18)30(13(2)23-19)12-14-8-10-15(11-9-14)16-6-4-5-7-17(16)21-25-28-29-26-21/h4-11H,3,12H2,1-2H3,(H,27,31)(H,25,26,28,29). The van der Waals surface area contributed by atoms with Gasteiger partial charge in [0.15, 0.2) is 0 Å². The Kier molecular flexibility index (Phi) is 4.62. The van der Waals surface area contributed by atoms with Crippen LogP contribution in [0.4, 0.5) is 0 Å². The van der Waals surface area contributed by atoms with Crippen molar-refractivity contribution in [2.24, 2.45) is 0 Å². The third-order valence-corrected chi connectivity index (χ3v) is 5.39. The van der Waals surface area contributed by atoms with Gasteiger partial charge in [-0.05, 0) is 35.2 Å². The van der Waals surface area contributed by atoms with Gasteiger partial charge in [-0.3, -0.25) is 4.79 Å². The van der Waals surface area contributed by atoms with Crippen LogP contribution in [0.2, 0.25) is 0 Å². The second-order valence-electron chi connectivity index (χ2n) is 7.27. The molecule has 3 aromatic heterocycles. The van der Waals surface area contributed by atoms with E-state index in [4.69, 9.17) is 0 Å². The highest BCUT2D eigenvalue weighted by atomic mass is 16.1. The molecule has 154 valence electrons. The number of hydrogen-bond acceptors (Lipinski definition) is 6. The number of rotatable bonds is 5. The maximum atomic E-state index is 12.5. The third kappa shape index (κ3) is 3.29.